The van der Waals surface area contributed by atoms with Crippen LogP contribution in [0.2, 0.25) is 0 Å². The molecule has 0 amide bonds. The Morgan fingerprint density at radius 3 is 0.962 bits per heavy atom. The summed E-state index contributed by atoms with van der Waals surface area (Å²) < 4.78 is 0. The van der Waals surface area contributed by atoms with E-state index >= 15 is 0 Å². The van der Waals surface area contributed by atoms with E-state index in [0.29, 0.717) is 6.71 Å². The second kappa shape index (κ2) is 11.1. The summed E-state index contributed by atoms with van der Waals surface area (Å²) in [5, 5.41) is 0. The van der Waals surface area contributed by atoms with Gasteiger partial charge in [0.05, 0.1) is 0 Å². The second-order valence-corrected chi connectivity index (χ2v) is 5.69. The van der Waals surface area contributed by atoms with Crippen molar-refractivity contribution in [2.45, 2.75) is 0 Å². The molecular formula is C23H20BCuN. The topological polar surface area (TPSA) is 12.9 Å². The molecule has 1 nitrogen and oxygen atoms in total. The van der Waals surface area contributed by atoms with Crippen molar-refractivity contribution in [1.82, 2.24) is 4.98 Å². The molecule has 131 valence electrons. The zero-order chi connectivity index (χ0) is 17.2. The van der Waals surface area contributed by atoms with E-state index in [1.165, 1.54) is 16.4 Å². The zero-order valence-electron chi connectivity index (χ0n) is 14.4. The van der Waals surface area contributed by atoms with Crippen molar-refractivity contribution < 1.29 is 17.1 Å². The number of hydrogen-bond acceptors (Lipinski definition) is 1. The van der Waals surface area contributed by atoms with E-state index < -0.39 is 0 Å². The molecule has 4 rings (SSSR count). The van der Waals surface area contributed by atoms with Gasteiger partial charge in [0.2, 0.25) is 6.71 Å². The average molecular weight is 385 g/mol. The van der Waals surface area contributed by atoms with Gasteiger partial charge in [0, 0.05) is 29.5 Å². The summed E-state index contributed by atoms with van der Waals surface area (Å²) >= 11 is 0. The number of pyridine rings is 1. The molecule has 1 aromatic heterocycles. The van der Waals surface area contributed by atoms with Gasteiger partial charge in [-0.1, -0.05) is 113 Å². The van der Waals surface area contributed by atoms with Crippen molar-refractivity contribution in [1.29, 1.82) is 0 Å². The normalized spacial score (nSPS) is 9.23. The molecular weight excluding hydrogens is 365 g/mol. The van der Waals surface area contributed by atoms with Gasteiger partial charge in [0.15, 0.2) is 0 Å². The van der Waals surface area contributed by atoms with E-state index in [4.69, 9.17) is 0 Å². The minimum absolute atomic E-state index is 0. The number of benzene rings is 3. The van der Waals surface area contributed by atoms with Crippen LogP contribution in [0.15, 0.2) is 122 Å². The Balaban J connectivity index is 0.000000297. The van der Waals surface area contributed by atoms with Gasteiger partial charge in [-0.05, 0) is 12.1 Å². The van der Waals surface area contributed by atoms with Crippen molar-refractivity contribution in [3.05, 3.63) is 122 Å². The Kier molecular flexibility index (Phi) is 8.41. The average Bonchev–Trinajstić information content (AvgIpc) is 2.72. The van der Waals surface area contributed by atoms with E-state index in [-0.39, 0.29) is 17.1 Å². The maximum Gasteiger partial charge on any atom is 0.241 e. The van der Waals surface area contributed by atoms with Crippen LogP contribution in [0.1, 0.15) is 0 Å². The predicted molar refractivity (Wildman–Crippen MR) is 108 cm³/mol. The van der Waals surface area contributed by atoms with Gasteiger partial charge in [0.25, 0.3) is 0 Å². The third-order valence-electron chi connectivity index (χ3n) is 3.97. The quantitative estimate of drug-likeness (QED) is 0.494. The van der Waals surface area contributed by atoms with E-state index in [1.807, 2.05) is 18.2 Å². The van der Waals surface area contributed by atoms with Gasteiger partial charge in [-0.2, -0.15) is 0 Å². The van der Waals surface area contributed by atoms with Crippen molar-refractivity contribution in [3.8, 4) is 0 Å². The summed E-state index contributed by atoms with van der Waals surface area (Å²) in [6.07, 6.45) is 3.50. The molecule has 1 radical (unpaired) electrons. The summed E-state index contributed by atoms with van der Waals surface area (Å²) in [6.45, 7) is 0.309. The second-order valence-electron chi connectivity index (χ2n) is 5.69. The molecule has 0 fully saturated rings. The molecule has 0 spiro atoms. The maximum atomic E-state index is 3.78. The van der Waals surface area contributed by atoms with Crippen molar-refractivity contribution in [2.24, 2.45) is 0 Å². The zero-order valence-corrected chi connectivity index (χ0v) is 15.3. The van der Waals surface area contributed by atoms with Crippen molar-refractivity contribution in [2.75, 3.05) is 0 Å². The standard InChI is InChI=1S/C18H15B.C5H5N.Cu/c1-4-10-16(11-5-1)19(17-12-6-2-7-13-17)18-14-8-3-9-15-18;1-2-4-6-5-3-1;/h1-15H;1-5H;. The molecule has 0 N–H and O–H groups in total. The predicted octanol–water partition coefficient (Wildman–Crippen LogP) is 3.28. The fourth-order valence-electron chi connectivity index (χ4n) is 2.83. The molecule has 4 aromatic rings. The summed E-state index contributed by atoms with van der Waals surface area (Å²) in [6, 6.07) is 37.7. The van der Waals surface area contributed by atoms with Crippen LogP contribution in [0.3, 0.4) is 0 Å². The summed E-state index contributed by atoms with van der Waals surface area (Å²) in [5.74, 6) is 0. The first-order chi connectivity index (χ1) is 12.4. The molecule has 0 aliphatic carbocycles. The first-order valence-electron chi connectivity index (χ1n) is 8.45. The van der Waals surface area contributed by atoms with Gasteiger partial charge in [-0.25, -0.2) is 0 Å². The molecule has 0 aliphatic rings. The molecule has 0 saturated carbocycles. The first-order valence-corrected chi connectivity index (χ1v) is 8.45. The van der Waals surface area contributed by atoms with Crippen LogP contribution < -0.4 is 16.4 Å². The van der Waals surface area contributed by atoms with Crippen LogP contribution in [-0.4, -0.2) is 11.7 Å². The largest absolute Gasteiger partial charge is 0.265 e. The van der Waals surface area contributed by atoms with Crippen LogP contribution in [0, 0.1) is 0 Å². The molecule has 1 heterocycles. The van der Waals surface area contributed by atoms with Crippen molar-refractivity contribution >= 4 is 23.1 Å². The minimum atomic E-state index is 0. The molecule has 0 unspecified atom stereocenters. The number of hydrogen-bond donors (Lipinski definition) is 0. The number of rotatable bonds is 3. The fraction of sp³-hybridized carbons (Fsp3) is 0. The third-order valence-corrected chi connectivity index (χ3v) is 3.97. The Morgan fingerprint density at radius 1 is 0.423 bits per heavy atom. The Labute approximate surface area is 166 Å². The minimum Gasteiger partial charge on any atom is -0.265 e. The molecule has 26 heavy (non-hydrogen) atoms. The Hall–Kier alpha value is -2.61. The first kappa shape index (κ1) is 19.7. The number of aromatic nitrogens is 1. The monoisotopic (exact) mass is 384 g/mol. The van der Waals surface area contributed by atoms with Gasteiger partial charge in [0.1, 0.15) is 0 Å². The molecule has 3 aromatic carbocycles. The fourth-order valence-corrected chi connectivity index (χ4v) is 2.83. The van der Waals surface area contributed by atoms with Gasteiger partial charge in [-0.3, -0.25) is 4.98 Å². The van der Waals surface area contributed by atoms with E-state index in [9.17, 15) is 0 Å². The molecule has 3 heteroatoms. The van der Waals surface area contributed by atoms with E-state index in [1.54, 1.807) is 12.4 Å². The summed E-state index contributed by atoms with van der Waals surface area (Å²) in [4.78, 5) is 3.78. The summed E-state index contributed by atoms with van der Waals surface area (Å²) in [5.41, 5.74) is 4.00. The van der Waals surface area contributed by atoms with Gasteiger partial charge in [-0.15, -0.1) is 0 Å². The van der Waals surface area contributed by atoms with Crippen LogP contribution in [0.5, 0.6) is 0 Å². The van der Waals surface area contributed by atoms with Crippen molar-refractivity contribution in [3.63, 3.8) is 0 Å². The summed E-state index contributed by atoms with van der Waals surface area (Å²) in [7, 11) is 0. The van der Waals surface area contributed by atoms with Crippen LogP contribution >= 0.6 is 0 Å². The number of nitrogens with zero attached hydrogens (tertiary/aromatic N) is 1. The van der Waals surface area contributed by atoms with Gasteiger partial charge < -0.3 is 0 Å². The molecule has 0 bridgehead atoms. The maximum absolute atomic E-state index is 3.78. The van der Waals surface area contributed by atoms with Crippen LogP contribution in [0.25, 0.3) is 0 Å². The molecule has 0 saturated heterocycles. The SMILES string of the molecule is [Cu].c1ccc(B(c2ccccc2)c2ccccc2)cc1.c1ccncc1. The van der Waals surface area contributed by atoms with Crippen LogP contribution in [-0.2, 0) is 17.1 Å². The van der Waals surface area contributed by atoms with Crippen LogP contribution in [0.4, 0.5) is 0 Å². The third kappa shape index (κ3) is 5.73. The molecule has 0 atom stereocenters. The van der Waals surface area contributed by atoms with E-state index in [0.717, 1.165) is 0 Å². The van der Waals surface area contributed by atoms with Gasteiger partial charge >= 0.3 is 0 Å². The Morgan fingerprint density at radius 2 is 0.731 bits per heavy atom. The smallest absolute Gasteiger partial charge is 0.241 e. The molecule has 0 aliphatic heterocycles. The Bertz CT molecular complexity index is 719. The van der Waals surface area contributed by atoms with E-state index in [2.05, 4.69) is 96.0 Å².